The number of carbonyl (C=O) groups excluding carboxylic acids is 3. The molecule has 134 valence electrons. The Morgan fingerprint density at radius 1 is 1.04 bits per heavy atom. The van der Waals surface area contributed by atoms with E-state index in [1.54, 1.807) is 13.2 Å². The minimum Gasteiger partial charge on any atom is -0.507 e. The molecule has 4 amide bonds. The normalized spacial score (nSPS) is 14.1. The van der Waals surface area contributed by atoms with Crippen LogP contribution in [0.15, 0.2) is 23.8 Å². The van der Waals surface area contributed by atoms with Gasteiger partial charge < -0.3 is 19.3 Å². The summed E-state index contributed by atoms with van der Waals surface area (Å²) in [5.74, 6) is -1.44. The van der Waals surface area contributed by atoms with E-state index in [0.717, 1.165) is 0 Å². The number of carbonyl (C=O) groups is 3. The summed E-state index contributed by atoms with van der Waals surface area (Å²) in [4.78, 5) is 34.3. The summed E-state index contributed by atoms with van der Waals surface area (Å²) >= 11 is 0. The lowest BCUT2D eigenvalue weighted by atomic mass is 10.1. The van der Waals surface area contributed by atoms with Crippen molar-refractivity contribution < 1.29 is 33.7 Å². The Morgan fingerprint density at radius 3 is 2.36 bits per heavy atom. The zero-order valence-corrected chi connectivity index (χ0v) is 13.5. The van der Waals surface area contributed by atoms with E-state index in [1.807, 2.05) is 10.6 Å². The van der Waals surface area contributed by atoms with Gasteiger partial charge in [0.05, 0.1) is 19.8 Å². The van der Waals surface area contributed by atoms with E-state index in [0.29, 0.717) is 25.6 Å². The highest BCUT2D eigenvalue weighted by molar-refractivity contribution is 6.31. The summed E-state index contributed by atoms with van der Waals surface area (Å²) in [5.41, 5.74) is -0.0477. The van der Waals surface area contributed by atoms with E-state index in [9.17, 15) is 19.5 Å². The van der Waals surface area contributed by atoms with Crippen LogP contribution in [-0.4, -0.2) is 56.5 Å². The molecule has 0 radical (unpaired) electrons. The predicted molar refractivity (Wildman–Crippen MR) is 86.0 cm³/mol. The largest absolute Gasteiger partial charge is 0.507 e. The molecule has 1 fully saturated rings. The van der Waals surface area contributed by atoms with Crippen LogP contribution in [0.2, 0.25) is 0 Å². The lowest BCUT2D eigenvalue weighted by Crippen LogP contribution is -2.51. The molecule has 1 heterocycles. The number of benzene rings is 1. The maximum atomic E-state index is 11.7. The molecule has 1 aromatic rings. The molecule has 25 heavy (non-hydrogen) atoms. The van der Waals surface area contributed by atoms with Crippen LogP contribution < -0.4 is 15.4 Å². The van der Waals surface area contributed by atoms with Gasteiger partial charge in [0.2, 0.25) is 0 Å². The number of phenolic OH excluding ortho intramolecular Hbond substituents is 1. The Bertz CT molecular complexity index is 678. The Morgan fingerprint density at radius 2 is 1.72 bits per heavy atom. The second-order valence-electron chi connectivity index (χ2n) is 4.97. The van der Waals surface area contributed by atoms with Crippen molar-refractivity contribution in [2.75, 3.05) is 33.5 Å². The van der Waals surface area contributed by atoms with Gasteiger partial charge in [-0.15, -0.1) is 0 Å². The predicted octanol–water partition coefficient (Wildman–Crippen LogP) is 0.183. The average molecular weight is 350 g/mol. The van der Waals surface area contributed by atoms with Crippen LogP contribution in [-0.2, 0) is 19.1 Å². The highest BCUT2D eigenvalue weighted by atomic mass is 16.5. The molecule has 3 N–H and O–H groups in total. The van der Waals surface area contributed by atoms with Crippen LogP contribution in [0.25, 0.3) is 6.08 Å². The van der Waals surface area contributed by atoms with E-state index in [-0.39, 0.29) is 23.5 Å². The third kappa shape index (κ3) is 5.30. The van der Waals surface area contributed by atoms with Crippen LogP contribution in [0.4, 0.5) is 4.79 Å². The number of hydrogen-bond donors (Lipinski definition) is 3. The number of barbiturate groups is 1. The van der Waals surface area contributed by atoms with E-state index in [2.05, 4.69) is 0 Å². The smallest absolute Gasteiger partial charge is 0.328 e. The molecule has 2 rings (SSSR count). The SMILES string of the molecule is COCCOCCOc1ccc(C=C2C(=O)NC(=O)NC2=O)c(O)c1. The molecule has 1 saturated heterocycles. The van der Waals surface area contributed by atoms with Gasteiger partial charge in [-0.2, -0.15) is 0 Å². The Balaban J connectivity index is 1.97. The number of rotatable bonds is 8. The molecule has 0 aromatic heterocycles. The number of nitrogens with one attached hydrogen (secondary N) is 2. The first-order valence-corrected chi connectivity index (χ1v) is 7.42. The number of imide groups is 2. The third-order valence-electron chi connectivity index (χ3n) is 3.17. The van der Waals surface area contributed by atoms with Gasteiger partial charge in [0.15, 0.2) is 0 Å². The molecule has 0 bridgehead atoms. The summed E-state index contributed by atoms with van der Waals surface area (Å²) in [7, 11) is 1.58. The summed E-state index contributed by atoms with van der Waals surface area (Å²) in [6.07, 6.45) is 1.18. The molecule has 0 unspecified atom stereocenters. The quantitative estimate of drug-likeness (QED) is 0.347. The molecule has 0 atom stereocenters. The molecule has 9 nitrogen and oxygen atoms in total. The van der Waals surface area contributed by atoms with Gasteiger partial charge in [-0.1, -0.05) is 0 Å². The standard InChI is InChI=1S/C16H18N2O7/c1-23-4-5-24-6-7-25-11-3-2-10(13(19)9-11)8-12-14(20)17-16(22)18-15(12)21/h2-3,8-9,19H,4-7H2,1H3,(H2,17,18,20,21,22). The van der Waals surface area contributed by atoms with Gasteiger partial charge in [-0.3, -0.25) is 20.2 Å². The second kappa shape index (κ2) is 8.81. The minimum absolute atomic E-state index is 0.178. The second-order valence-corrected chi connectivity index (χ2v) is 4.97. The molecular formula is C16H18N2O7. The first-order valence-electron chi connectivity index (χ1n) is 7.42. The highest BCUT2D eigenvalue weighted by Gasteiger charge is 2.27. The molecule has 1 aliphatic rings. The molecule has 0 spiro atoms. The summed E-state index contributed by atoms with van der Waals surface area (Å²) in [5, 5.41) is 13.9. The molecule has 1 aromatic carbocycles. The topological polar surface area (TPSA) is 123 Å². The number of amides is 4. The Hall–Kier alpha value is -2.91. The number of hydrogen-bond acceptors (Lipinski definition) is 7. The fraction of sp³-hybridized carbons (Fsp3) is 0.312. The van der Waals surface area contributed by atoms with Crippen molar-refractivity contribution in [3.8, 4) is 11.5 Å². The zero-order valence-electron chi connectivity index (χ0n) is 13.5. The maximum Gasteiger partial charge on any atom is 0.328 e. The first-order chi connectivity index (χ1) is 12.0. The molecule has 0 aliphatic carbocycles. The van der Waals surface area contributed by atoms with Gasteiger partial charge in [0.25, 0.3) is 11.8 Å². The van der Waals surface area contributed by atoms with Crippen LogP contribution >= 0.6 is 0 Å². The minimum atomic E-state index is -0.882. The number of phenols is 1. The van der Waals surface area contributed by atoms with E-state index >= 15 is 0 Å². The van der Waals surface area contributed by atoms with E-state index in [4.69, 9.17) is 14.2 Å². The number of urea groups is 1. The van der Waals surface area contributed by atoms with Crippen LogP contribution in [0.5, 0.6) is 11.5 Å². The van der Waals surface area contributed by atoms with Crippen LogP contribution in [0.3, 0.4) is 0 Å². The van der Waals surface area contributed by atoms with Gasteiger partial charge in [0, 0.05) is 18.7 Å². The van der Waals surface area contributed by atoms with Gasteiger partial charge >= 0.3 is 6.03 Å². The summed E-state index contributed by atoms with van der Waals surface area (Å²) < 4.78 is 15.5. The number of ether oxygens (including phenoxy) is 3. The summed E-state index contributed by atoms with van der Waals surface area (Å²) in [6, 6.07) is 3.53. The lowest BCUT2D eigenvalue weighted by Gasteiger charge is -2.14. The third-order valence-corrected chi connectivity index (χ3v) is 3.17. The van der Waals surface area contributed by atoms with Crippen molar-refractivity contribution in [1.29, 1.82) is 0 Å². The first kappa shape index (κ1) is 18.4. The molecular weight excluding hydrogens is 332 g/mol. The van der Waals surface area contributed by atoms with Crippen molar-refractivity contribution >= 4 is 23.9 Å². The van der Waals surface area contributed by atoms with E-state index in [1.165, 1.54) is 18.2 Å². The van der Waals surface area contributed by atoms with Crippen LogP contribution in [0.1, 0.15) is 5.56 Å². The molecule has 9 heteroatoms. The monoisotopic (exact) mass is 350 g/mol. The number of methoxy groups -OCH3 is 1. The zero-order chi connectivity index (χ0) is 18.2. The Kier molecular flexibility index (Phi) is 6.49. The van der Waals surface area contributed by atoms with Crippen molar-refractivity contribution in [2.45, 2.75) is 0 Å². The lowest BCUT2D eigenvalue weighted by molar-refractivity contribution is -0.123. The number of aromatic hydroxyl groups is 1. The fourth-order valence-electron chi connectivity index (χ4n) is 1.96. The average Bonchev–Trinajstić information content (AvgIpc) is 2.55. The molecule has 0 saturated carbocycles. The summed E-state index contributed by atoms with van der Waals surface area (Å²) in [6.45, 7) is 1.61. The maximum absolute atomic E-state index is 11.7. The van der Waals surface area contributed by atoms with Crippen molar-refractivity contribution in [3.05, 3.63) is 29.3 Å². The highest BCUT2D eigenvalue weighted by Crippen LogP contribution is 2.26. The van der Waals surface area contributed by atoms with Crippen molar-refractivity contribution in [2.24, 2.45) is 0 Å². The van der Waals surface area contributed by atoms with Crippen molar-refractivity contribution in [3.63, 3.8) is 0 Å². The Labute approximate surface area is 143 Å². The van der Waals surface area contributed by atoms with Gasteiger partial charge in [-0.25, -0.2) is 4.79 Å². The molecule has 1 aliphatic heterocycles. The fourth-order valence-corrected chi connectivity index (χ4v) is 1.96. The van der Waals surface area contributed by atoms with Crippen LogP contribution in [0, 0.1) is 0 Å². The van der Waals surface area contributed by atoms with E-state index < -0.39 is 17.8 Å². The van der Waals surface area contributed by atoms with Crippen molar-refractivity contribution in [1.82, 2.24) is 10.6 Å². The van der Waals surface area contributed by atoms with Gasteiger partial charge in [-0.05, 0) is 18.2 Å². The van der Waals surface area contributed by atoms with Gasteiger partial charge in [0.1, 0.15) is 23.7 Å².